The minimum Gasteiger partial charge on any atom is -0.474 e. The molecule has 0 bridgehead atoms. The molecule has 0 unspecified atom stereocenters. The van der Waals surface area contributed by atoms with Crippen molar-refractivity contribution in [3.8, 4) is 5.88 Å². The zero-order valence-electron chi connectivity index (χ0n) is 9.88. The van der Waals surface area contributed by atoms with Crippen molar-refractivity contribution in [2.24, 2.45) is 0 Å². The van der Waals surface area contributed by atoms with Gasteiger partial charge < -0.3 is 4.74 Å². The minimum absolute atomic E-state index is 0.00282. The lowest BCUT2D eigenvalue weighted by atomic mass is 10.1. The van der Waals surface area contributed by atoms with Crippen LogP contribution in [0.1, 0.15) is 13.8 Å². The summed E-state index contributed by atoms with van der Waals surface area (Å²) in [5.41, 5.74) is -0.00282. The Morgan fingerprint density at radius 2 is 2.11 bits per heavy atom. The molecule has 2 aromatic rings. The first-order valence-electron chi connectivity index (χ1n) is 5.39. The number of rotatable bonds is 3. The van der Waals surface area contributed by atoms with Crippen molar-refractivity contribution >= 4 is 32.4 Å². The van der Waals surface area contributed by atoms with Crippen LogP contribution in [0.5, 0.6) is 5.88 Å². The molecule has 1 aromatic heterocycles. The lowest BCUT2D eigenvalue weighted by molar-refractivity contribution is -0.383. The van der Waals surface area contributed by atoms with Crippen LogP contribution >= 0.6 is 15.9 Å². The van der Waals surface area contributed by atoms with Gasteiger partial charge in [0.05, 0.1) is 11.0 Å². The summed E-state index contributed by atoms with van der Waals surface area (Å²) < 4.78 is 6.31. The smallest absolute Gasteiger partial charge is 0.282 e. The Balaban J connectivity index is 2.79. The van der Waals surface area contributed by atoms with E-state index >= 15 is 0 Å². The molecule has 0 aliphatic rings. The Hall–Kier alpha value is -1.69. The number of ether oxygens (including phenoxy) is 1. The minimum atomic E-state index is -0.427. The van der Waals surface area contributed by atoms with E-state index in [1.807, 2.05) is 13.8 Å². The lowest BCUT2D eigenvalue weighted by Crippen LogP contribution is -2.07. The van der Waals surface area contributed by atoms with Gasteiger partial charge in [-0.05, 0) is 26.0 Å². The van der Waals surface area contributed by atoms with Crippen LogP contribution in [0.2, 0.25) is 0 Å². The van der Waals surface area contributed by atoms with Crippen LogP contribution in [0.4, 0.5) is 5.69 Å². The van der Waals surface area contributed by atoms with Gasteiger partial charge in [-0.15, -0.1) is 0 Å². The number of pyridine rings is 1. The van der Waals surface area contributed by atoms with Gasteiger partial charge in [0.15, 0.2) is 0 Å². The SMILES string of the molecule is CC(C)Oc1nccc2c(Br)ccc([N+](=O)[O-])c12. The standard InChI is InChI=1S/C12H11BrN2O3/c1-7(2)18-12-11-8(5-6-14-12)9(13)3-4-10(11)15(16)17/h3-7H,1-2H3. The van der Waals surface area contributed by atoms with Gasteiger partial charge in [0.2, 0.25) is 5.88 Å². The summed E-state index contributed by atoms with van der Waals surface area (Å²) in [5.74, 6) is 0.288. The van der Waals surface area contributed by atoms with Gasteiger partial charge in [0.1, 0.15) is 5.39 Å². The Labute approximate surface area is 112 Å². The predicted octanol–water partition coefficient (Wildman–Crippen LogP) is 3.69. The summed E-state index contributed by atoms with van der Waals surface area (Å²) in [6.07, 6.45) is 1.48. The van der Waals surface area contributed by atoms with Crippen LogP contribution in [0, 0.1) is 10.1 Å². The van der Waals surface area contributed by atoms with Crippen molar-refractivity contribution in [2.75, 3.05) is 0 Å². The van der Waals surface area contributed by atoms with Gasteiger partial charge in [0.25, 0.3) is 5.69 Å². The van der Waals surface area contributed by atoms with Crippen molar-refractivity contribution in [3.05, 3.63) is 39.0 Å². The van der Waals surface area contributed by atoms with E-state index in [1.165, 1.54) is 6.07 Å². The number of non-ortho nitro benzene ring substituents is 1. The molecule has 0 aliphatic carbocycles. The van der Waals surface area contributed by atoms with Crippen molar-refractivity contribution in [1.82, 2.24) is 4.98 Å². The number of halogens is 1. The molecule has 0 fully saturated rings. The van der Waals surface area contributed by atoms with Gasteiger partial charge in [0, 0.05) is 22.1 Å². The normalized spacial score (nSPS) is 10.9. The molecule has 0 amide bonds. The van der Waals surface area contributed by atoms with Gasteiger partial charge in [-0.2, -0.15) is 0 Å². The zero-order chi connectivity index (χ0) is 13.3. The fourth-order valence-electron chi connectivity index (χ4n) is 1.68. The fourth-order valence-corrected chi connectivity index (χ4v) is 2.14. The molecule has 0 saturated heterocycles. The first-order chi connectivity index (χ1) is 8.50. The van der Waals surface area contributed by atoms with Crippen LogP contribution in [-0.4, -0.2) is 16.0 Å². The molecule has 5 nitrogen and oxygen atoms in total. The van der Waals surface area contributed by atoms with Crippen LogP contribution in [0.25, 0.3) is 10.8 Å². The van der Waals surface area contributed by atoms with Gasteiger partial charge in [-0.3, -0.25) is 10.1 Å². The van der Waals surface area contributed by atoms with E-state index in [-0.39, 0.29) is 17.7 Å². The Morgan fingerprint density at radius 1 is 1.39 bits per heavy atom. The number of aromatic nitrogens is 1. The molecule has 94 valence electrons. The summed E-state index contributed by atoms with van der Waals surface area (Å²) in [7, 11) is 0. The maximum absolute atomic E-state index is 11.1. The third-order valence-corrected chi connectivity index (χ3v) is 3.05. The molecule has 0 aliphatic heterocycles. The van der Waals surface area contributed by atoms with Gasteiger partial charge in [-0.25, -0.2) is 4.98 Å². The average molecular weight is 311 g/mol. The molecule has 0 N–H and O–H groups in total. The molecular weight excluding hydrogens is 300 g/mol. The van der Waals surface area contributed by atoms with E-state index in [0.29, 0.717) is 5.39 Å². The maximum atomic E-state index is 11.1. The number of fused-ring (bicyclic) bond motifs is 1. The summed E-state index contributed by atoms with van der Waals surface area (Å²) in [6, 6.07) is 4.82. The summed E-state index contributed by atoms with van der Waals surface area (Å²) in [4.78, 5) is 14.7. The highest BCUT2D eigenvalue weighted by Gasteiger charge is 2.19. The Kier molecular flexibility index (Phi) is 3.47. The Morgan fingerprint density at radius 3 is 2.72 bits per heavy atom. The topological polar surface area (TPSA) is 65.3 Å². The highest BCUT2D eigenvalue weighted by atomic mass is 79.9. The average Bonchev–Trinajstić information content (AvgIpc) is 2.29. The van der Waals surface area contributed by atoms with E-state index < -0.39 is 4.92 Å². The largest absolute Gasteiger partial charge is 0.474 e. The van der Waals surface area contributed by atoms with Crippen molar-refractivity contribution in [3.63, 3.8) is 0 Å². The molecule has 1 heterocycles. The molecule has 0 radical (unpaired) electrons. The molecule has 0 spiro atoms. The van der Waals surface area contributed by atoms with Crippen LogP contribution in [-0.2, 0) is 0 Å². The molecule has 2 rings (SSSR count). The first-order valence-corrected chi connectivity index (χ1v) is 6.18. The molecule has 0 saturated carbocycles. The zero-order valence-corrected chi connectivity index (χ0v) is 11.5. The summed E-state index contributed by atoms with van der Waals surface area (Å²) in [6.45, 7) is 3.70. The number of hydrogen-bond acceptors (Lipinski definition) is 4. The van der Waals surface area contributed by atoms with Crippen LogP contribution in [0.15, 0.2) is 28.9 Å². The van der Waals surface area contributed by atoms with E-state index in [2.05, 4.69) is 20.9 Å². The number of nitro benzene ring substituents is 1. The second kappa shape index (κ2) is 4.89. The number of hydrogen-bond donors (Lipinski definition) is 0. The van der Waals surface area contributed by atoms with Crippen LogP contribution in [0.3, 0.4) is 0 Å². The highest BCUT2D eigenvalue weighted by molar-refractivity contribution is 9.10. The molecule has 0 atom stereocenters. The molecule has 6 heteroatoms. The van der Waals surface area contributed by atoms with E-state index in [0.717, 1.165) is 9.86 Å². The molecule has 18 heavy (non-hydrogen) atoms. The van der Waals surface area contributed by atoms with E-state index in [4.69, 9.17) is 4.74 Å². The molecular formula is C12H11BrN2O3. The second-order valence-electron chi connectivity index (χ2n) is 4.03. The van der Waals surface area contributed by atoms with Crippen LogP contribution < -0.4 is 4.74 Å². The number of benzene rings is 1. The van der Waals surface area contributed by atoms with Crippen molar-refractivity contribution < 1.29 is 9.66 Å². The van der Waals surface area contributed by atoms with E-state index in [1.54, 1.807) is 18.3 Å². The predicted molar refractivity (Wildman–Crippen MR) is 71.9 cm³/mol. The maximum Gasteiger partial charge on any atom is 0.282 e. The third-order valence-electron chi connectivity index (χ3n) is 2.36. The highest BCUT2D eigenvalue weighted by Crippen LogP contribution is 2.36. The second-order valence-corrected chi connectivity index (χ2v) is 4.88. The molecule has 1 aromatic carbocycles. The van der Waals surface area contributed by atoms with E-state index in [9.17, 15) is 10.1 Å². The van der Waals surface area contributed by atoms with Crippen molar-refractivity contribution in [1.29, 1.82) is 0 Å². The fraction of sp³-hybridized carbons (Fsp3) is 0.250. The number of nitro groups is 1. The monoisotopic (exact) mass is 310 g/mol. The third kappa shape index (κ3) is 2.28. The number of nitrogens with zero attached hydrogens (tertiary/aromatic N) is 2. The summed E-state index contributed by atoms with van der Waals surface area (Å²) >= 11 is 3.37. The van der Waals surface area contributed by atoms with Crippen molar-refractivity contribution in [2.45, 2.75) is 20.0 Å². The lowest BCUT2D eigenvalue weighted by Gasteiger charge is -2.11. The van der Waals surface area contributed by atoms with Gasteiger partial charge >= 0.3 is 0 Å². The quantitative estimate of drug-likeness (QED) is 0.640. The first kappa shape index (κ1) is 12.8. The summed E-state index contributed by atoms with van der Waals surface area (Å²) in [5, 5.41) is 12.2. The van der Waals surface area contributed by atoms with Gasteiger partial charge in [-0.1, -0.05) is 15.9 Å². The Bertz CT molecular complexity index is 614.